The summed E-state index contributed by atoms with van der Waals surface area (Å²) in [4.78, 5) is 18.3. The van der Waals surface area contributed by atoms with Crippen LogP contribution in [-0.2, 0) is 14.6 Å². The third-order valence-electron chi connectivity index (χ3n) is 3.74. The van der Waals surface area contributed by atoms with Crippen LogP contribution in [0.1, 0.15) is 6.42 Å². The molecule has 1 amide bonds. The lowest BCUT2D eigenvalue weighted by atomic mass is 10.2. The Labute approximate surface area is 137 Å². The van der Waals surface area contributed by atoms with Crippen molar-refractivity contribution in [2.24, 2.45) is 0 Å². The van der Waals surface area contributed by atoms with Crippen LogP contribution in [0, 0.1) is 0 Å². The van der Waals surface area contributed by atoms with Gasteiger partial charge < -0.3 is 4.90 Å². The minimum atomic E-state index is -2.97. The fraction of sp³-hybridized carbons (Fsp3) is 0.429. The van der Waals surface area contributed by atoms with Crippen LogP contribution >= 0.6 is 23.1 Å². The van der Waals surface area contributed by atoms with Crippen molar-refractivity contribution < 1.29 is 13.2 Å². The number of nitrogens with zero attached hydrogens (tertiary/aromatic N) is 2. The Morgan fingerprint density at radius 1 is 1.45 bits per heavy atom. The summed E-state index contributed by atoms with van der Waals surface area (Å²) >= 11 is 2.98. The van der Waals surface area contributed by atoms with Crippen molar-refractivity contribution in [3.05, 3.63) is 24.3 Å². The Balaban J connectivity index is 1.60. The van der Waals surface area contributed by atoms with Crippen molar-refractivity contribution in [2.45, 2.75) is 16.8 Å². The SMILES string of the molecule is CN(C(=O)CSc1nc2ccccc2s1)C1CCS(=O)(=O)C1. The summed E-state index contributed by atoms with van der Waals surface area (Å²) in [6, 6.07) is 7.68. The van der Waals surface area contributed by atoms with Gasteiger partial charge in [0.15, 0.2) is 14.2 Å². The predicted molar refractivity (Wildman–Crippen MR) is 90.2 cm³/mol. The van der Waals surface area contributed by atoms with Gasteiger partial charge in [-0.15, -0.1) is 11.3 Å². The molecule has 1 fully saturated rings. The van der Waals surface area contributed by atoms with Crippen LogP contribution in [0.2, 0.25) is 0 Å². The molecule has 1 aromatic heterocycles. The minimum absolute atomic E-state index is 0.0497. The molecule has 22 heavy (non-hydrogen) atoms. The quantitative estimate of drug-likeness (QED) is 0.784. The normalized spacial score (nSPS) is 20.3. The van der Waals surface area contributed by atoms with Gasteiger partial charge >= 0.3 is 0 Å². The average Bonchev–Trinajstić information content (AvgIpc) is 3.06. The van der Waals surface area contributed by atoms with Gasteiger partial charge in [0, 0.05) is 13.1 Å². The molecule has 5 nitrogen and oxygen atoms in total. The third-order valence-corrected chi connectivity index (χ3v) is 7.66. The smallest absolute Gasteiger partial charge is 0.233 e. The van der Waals surface area contributed by atoms with E-state index >= 15 is 0 Å². The third kappa shape index (κ3) is 3.44. The zero-order valence-electron chi connectivity index (χ0n) is 12.1. The van der Waals surface area contributed by atoms with Crippen molar-refractivity contribution in [1.29, 1.82) is 0 Å². The molecule has 0 bridgehead atoms. The molecule has 0 radical (unpaired) electrons. The topological polar surface area (TPSA) is 67.3 Å². The van der Waals surface area contributed by atoms with E-state index in [2.05, 4.69) is 4.98 Å². The monoisotopic (exact) mass is 356 g/mol. The maximum absolute atomic E-state index is 12.2. The molecular formula is C14H16N2O3S3. The molecular weight excluding hydrogens is 340 g/mol. The van der Waals surface area contributed by atoms with E-state index in [9.17, 15) is 13.2 Å². The molecule has 2 heterocycles. The number of carbonyl (C=O) groups is 1. The summed E-state index contributed by atoms with van der Waals surface area (Å²) < 4.78 is 25.0. The van der Waals surface area contributed by atoms with Crippen LogP contribution < -0.4 is 0 Å². The van der Waals surface area contributed by atoms with E-state index in [4.69, 9.17) is 0 Å². The van der Waals surface area contributed by atoms with Crippen LogP contribution in [0.15, 0.2) is 28.6 Å². The standard InChI is InChI=1S/C14H16N2O3S3/c1-16(10-6-7-22(18,19)9-10)13(17)8-20-14-15-11-4-2-3-5-12(11)21-14/h2-5,10H,6-9H2,1H3. The molecule has 0 aliphatic carbocycles. The van der Waals surface area contributed by atoms with Crippen molar-refractivity contribution >= 4 is 49.1 Å². The molecule has 2 aromatic rings. The minimum Gasteiger partial charge on any atom is -0.341 e. The van der Waals surface area contributed by atoms with Crippen molar-refractivity contribution in [3.63, 3.8) is 0 Å². The highest BCUT2D eigenvalue weighted by atomic mass is 32.2. The van der Waals surface area contributed by atoms with Gasteiger partial charge in [-0.1, -0.05) is 23.9 Å². The second-order valence-electron chi connectivity index (χ2n) is 5.30. The zero-order chi connectivity index (χ0) is 15.7. The largest absolute Gasteiger partial charge is 0.341 e. The molecule has 0 spiro atoms. The fourth-order valence-electron chi connectivity index (χ4n) is 2.42. The van der Waals surface area contributed by atoms with E-state index < -0.39 is 9.84 Å². The molecule has 8 heteroatoms. The van der Waals surface area contributed by atoms with E-state index in [1.165, 1.54) is 11.8 Å². The van der Waals surface area contributed by atoms with Gasteiger partial charge in [0.1, 0.15) is 0 Å². The number of aromatic nitrogens is 1. The highest BCUT2D eigenvalue weighted by Gasteiger charge is 2.32. The molecule has 3 rings (SSSR count). The van der Waals surface area contributed by atoms with Gasteiger partial charge in [-0.25, -0.2) is 13.4 Å². The van der Waals surface area contributed by atoms with Gasteiger partial charge in [0.25, 0.3) is 0 Å². The number of amides is 1. The number of rotatable bonds is 4. The molecule has 118 valence electrons. The number of fused-ring (bicyclic) bond motifs is 1. The maximum Gasteiger partial charge on any atom is 0.233 e. The average molecular weight is 356 g/mol. The van der Waals surface area contributed by atoms with Crippen LogP contribution in [0.25, 0.3) is 10.2 Å². The number of carbonyl (C=O) groups excluding carboxylic acids is 1. The predicted octanol–water partition coefficient (Wildman–Crippen LogP) is 2.03. The van der Waals surface area contributed by atoms with Crippen molar-refractivity contribution in [2.75, 3.05) is 24.3 Å². The first-order valence-electron chi connectivity index (χ1n) is 6.89. The Bertz CT molecular complexity index is 768. The van der Waals surface area contributed by atoms with E-state index in [0.29, 0.717) is 6.42 Å². The highest BCUT2D eigenvalue weighted by molar-refractivity contribution is 8.01. The number of hydrogen-bond donors (Lipinski definition) is 0. The maximum atomic E-state index is 12.2. The number of sulfone groups is 1. The van der Waals surface area contributed by atoms with Gasteiger partial charge in [-0.2, -0.15) is 0 Å². The Morgan fingerprint density at radius 3 is 2.91 bits per heavy atom. The lowest BCUT2D eigenvalue weighted by Gasteiger charge is -2.22. The van der Waals surface area contributed by atoms with Crippen molar-refractivity contribution in [1.82, 2.24) is 9.88 Å². The first kappa shape index (κ1) is 15.8. The van der Waals surface area contributed by atoms with Gasteiger partial charge in [-0.05, 0) is 18.6 Å². The first-order valence-corrected chi connectivity index (χ1v) is 10.5. The summed E-state index contributed by atoms with van der Waals surface area (Å²) in [7, 11) is -1.28. The number of para-hydroxylation sites is 1. The number of benzene rings is 1. The second kappa shape index (κ2) is 6.17. The Morgan fingerprint density at radius 2 is 2.23 bits per heavy atom. The fourth-order valence-corrected chi connectivity index (χ4v) is 6.19. The van der Waals surface area contributed by atoms with Crippen molar-refractivity contribution in [3.8, 4) is 0 Å². The molecule has 0 saturated carbocycles. The summed E-state index contributed by atoms with van der Waals surface area (Å²) in [5.74, 6) is 0.500. The molecule has 1 unspecified atom stereocenters. The lowest BCUT2D eigenvalue weighted by molar-refractivity contribution is -0.128. The Hall–Kier alpha value is -1.12. The number of thioether (sulfide) groups is 1. The van der Waals surface area contributed by atoms with Gasteiger partial charge in [0.2, 0.25) is 5.91 Å². The van der Waals surface area contributed by atoms with Gasteiger partial charge in [0.05, 0.1) is 27.5 Å². The van der Waals surface area contributed by atoms with Crippen LogP contribution in [0.5, 0.6) is 0 Å². The van der Waals surface area contributed by atoms with E-state index in [1.807, 2.05) is 24.3 Å². The number of hydrogen-bond acceptors (Lipinski definition) is 6. The summed E-state index contributed by atoms with van der Waals surface area (Å²) in [5, 5.41) is 0. The van der Waals surface area contributed by atoms with Gasteiger partial charge in [-0.3, -0.25) is 4.79 Å². The zero-order valence-corrected chi connectivity index (χ0v) is 14.5. The summed E-state index contributed by atoms with van der Waals surface area (Å²) in [5.41, 5.74) is 0.942. The second-order valence-corrected chi connectivity index (χ2v) is 9.78. The molecule has 1 aliphatic heterocycles. The van der Waals surface area contributed by atoms with Crippen LogP contribution in [0.3, 0.4) is 0 Å². The van der Waals surface area contributed by atoms with Crippen LogP contribution in [0.4, 0.5) is 0 Å². The molecule has 1 atom stereocenters. The lowest BCUT2D eigenvalue weighted by Crippen LogP contribution is -2.38. The van der Waals surface area contributed by atoms with E-state index in [-0.39, 0.29) is 29.2 Å². The number of thiazole rings is 1. The van der Waals surface area contributed by atoms with E-state index in [1.54, 1.807) is 23.3 Å². The first-order chi connectivity index (χ1) is 10.4. The Kier molecular flexibility index (Phi) is 4.42. The summed E-state index contributed by atoms with van der Waals surface area (Å²) in [6.45, 7) is 0. The summed E-state index contributed by atoms with van der Waals surface area (Å²) in [6.07, 6.45) is 0.538. The van der Waals surface area contributed by atoms with Crippen LogP contribution in [-0.4, -0.2) is 54.6 Å². The molecule has 1 saturated heterocycles. The molecule has 1 aromatic carbocycles. The van der Waals surface area contributed by atoms with E-state index in [0.717, 1.165) is 14.6 Å². The highest BCUT2D eigenvalue weighted by Crippen LogP contribution is 2.29. The molecule has 1 aliphatic rings. The molecule has 0 N–H and O–H groups in total.